The number of rotatable bonds is 4. The van der Waals surface area contributed by atoms with Gasteiger partial charge in [0.2, 0.25) is 0 Å². The van der Waals surface area contributed by atoms with Gasteiger partial charge in [-0.05, 0) is 30.6 Å². The van der Waals surface area contributed by atoms with Gasteiger partial charge in [0.15, 0.2) is 0 Å². The van der Waals surface area contributed by atoms with Crippen molar-refractivity contribution in [2.75, 3.05) is 12.8 Å². The van der Waals surface area contributed by atoms with E-state index in [9.17, 15) is 4.39 Å². The molecule has 1 heterocycles. The third-order valence-electron chi connectivity index (χ3n) is 2.52. The van der Waals surface area contributed by atoms with Crippen molar-refractivity contribution in [3.05, 3.63) is 52.0 Å². The fourth-order valence-electron chi connectivity index (χ4n) is 1.71. The summed E-state index contributed by atoms with van der Waals surface area (Å²) in [5, 5.41) is 2.05. The van der Waals surface area contributed by atoms with Crippen LogP contribution in [0.1, 0.15) is 10.4 Å². The minimum absolute atomic E-state index is 0.233. The first-order chi connectivity index (χ1) is 8.15. The molecule has 4 heteroatoms. The Labute approximate surface area is 104 Å². The molecular formula is C13H15FN2S. The monoisotopic (exact) mass is 250 g/mol. The molecule has 2 N–H and O–H groups in total. The zero-order valence-electron chi connectivity index (χ0n) is 9.69. The van der Waals surface area contributed by atoms with Crippen LogP contribution in [-0.4, -0.2) is 11.9 Å². The van der Waals surface area contributed by atoms with Gasteiger partial charge in [-0.15, -0.1) is 11.3 Å². The Kier molecular flexibility index (Phi) is 3.76. The Balaban J connectivity index is 2.00. The van der Waals surface area contributed by atoms with E-state index < -0.39 is 0 Å². The molecule has 0 unspecified atom stereocenters. The molecule has 0 fully saturated rings. The molecule has 90 valence electrons. The summed E-state index contributed by atoms with van der Waals surface area (Å²) in [6.07, 6.45) is 0. The molecule has 0 amide bonds. The van der Waals surface area contributed by atoms with Crippen LogP contribution in [0.15, 0.2) is 35.7 Å². The smallest absolute Gasteiger partial charge is 0.129 e. The largest absolute Gasteiger partial charge is 0.399 e. The molecular weight excluding hydrogens is 235 g/mol. The van der Waals surface area contributed by atoms with Gasteiger partial charge in [0.1, 0.15) is 5.82 Å². The first-order valence-corrected chi connectivity index (χ1v) is 6.28. The van der Waals surface area contributed by atoms with E-state index in [1.54, 1.807) is 23.5 Å². The topological polar surface area (TPSA) is 29.3 Å². The molecule has 0 saturated heterocycles. The van der Waals surface area contributed by atoms with Crippen LogP contribution >= 0.6 is 11.3 Å². The zero-order chi connectivity index (χ0) is 12.3. The van der Waals surface area contributed by atoms with Gasteiger partial charge in [0.05, 0.1) is 0 Å². The van der Waals surface area contributed by atoms with Crippen LogP contribution < -0.4 is 5.73 Å². The van der Waals surface area contributed by atoms with E-state index >= 15 is 0 Å². The lowest BCUT2D eigenvalue weighted by atomic mass is 10.2. The molecule has 0 radical (unpaired) electrons. The Morgan fingerprint density at radius 1 is 1.29 bits per heavy atom. The van der Waals surface area contributed by atoms with Crippen LogP contribution in [0.4, 0.5) is 10.1 Å². The highest BCUT2D eigenvalue weighted by Gasteiger charge is 2.07. The summed E-state index contributed by atoms with van der Waals surface area (Å²) in [6, 6.07) is 8.96. The normalized spacial score (nSPS) is 11.0. The fourth-order valence-corrected chi connectivity index (χ4v) is 2.49. The number of nitrogens with two attached hydrogens (primary N) is 1. The summed E-state index contributed by atoms with van der Waals surface area (Å²) in [5.41, 5.74) is 6.66. The molecule has 0 saturated carbocycles. The van der Waals surface area contributed by atoms with Gasteiger partial charge in [-0.25, -0.2) is 4.39 Å². The third kappa shape index (κ3) is 3.28. The number of anilines is 1. The highest BCUT2D eigenvalue weighted by atomic mass is 32.1. The number of halogens is 1. The quantitative estimate of drug-likeness (QED) is 0.845. The highest BCUT2D eigenvalue weighted by Crippen LogP contribution is 2.16. The van der Waals surface area contributed by atoms with Crippen molar-refractivity contribution >= 4 is 17.0 Å². The maximum absolute atomic E-state index is 13.6. The molecule has 1 aromatic carbocycles. The second kappa shape index (κ2) is 5.29. The van der Waals surface area contributed by atoms with Crippen LogP contribution in [0.5, 0.6) is 0 Å². The summed E-state index contributed by atoms with van der Waals surface area (Å²) < 4.78 is 13.6. The lowest BCUT2D eigenvalue weighted by Gasteiger charge is -2.16. The minimum atomic E-state index is -0.233. The molecule has 0 bridgehead atoms. The first-order valence-electron chi connectivity index (χ1n) is 5.40. The number of hydrogen-bond donors (Lipinski definition) is 1. The van der Waals surface area contributed by atoms with Crippen LogP contribution in [0, 0.1) is 5.82 Å². The van der Waals surface area contributed by atoms with E-state index in [2.05, 4.69) is 11.0 Å². The molecule has 0 atom stereocenters. The van der Waals surface area contributed by atoms with Gasteiger partial charge in [-0.2, -0.15) is 0 Å². The van der Waals surface area contributed by atoms with Crippen molar-refractivity contribution in [3.8, 4) is 0 Å². The minimum Gasteiger partial charge on any atom is -0.399 e. The van der Waals surface area contributed by atoms with E-state index in [-0.39, 0.29) is 5.82 Å². The molecule has 17 heavy (non-hydrogen) atoms. The average Bonchev–Trinajstić information content (AvgIpc) is 2.75. The van der Waals surface area contributed by atoms with Gasteiger partial charge in [-0.1, -0.05) is 12.1 Å². The Bertz CT molecular complexity index is 482. The summed E-state index contributed by atoms with van der Waals surface area (Å²) in [5.74, 6) is -0.233. The zero-order valence-corrected chi connectivity index (χ0v) is 10.5. The average molecular weight is 250 g/mol. The molecule has 2 nitrogen and oxygen atoms in total. The predicted octanol–water partition coefficient (Wildman–Crippen LogP) is 3.10. The van der Waals surface area contributed by atoms with Crippen molar-refractivity contribution < 1.29 is 4.39 Å². The van der Waals surface area contributed by atoms with E-state index in [4.69, 9.17) is 5.73 Å². The third-order valence-corrected chi connectivity index (χ3v) is 3.38. The van der Waals surface area contributed by atoms with Gasteiger partial charge >= 0.3 is 0 Å². The van der Waals surface area contributed by atoms with Crippen molar-refractivity contribution in [1.82, 2.24) is 4.90 Å². The highest BCUT2D eigenvalue weighted by molar-refractivity contribution is 7.09. The van der Waals surface area contributed by atoms with Crippen LogP contribution in [0.2, 0.25) is 0 Å². The molecule has 0 aliphatic rings. The Morgan fingerprint density at radius 3 is 2.76 bits per heavy atom. The number of nitrogen functional groups attached to an aromatic ring is 1. The molecule has 0 aliphatic heterocycles. The van der Waals surface area contributed by atoms with Crippen molar-refractivity contribution in [2.24, 2.45) is 0 Å². The number of benzene rings is 1. The van der Waals surface area contributed by atoms with Gasteiger partial charge in [-0.3, -0.25) is 4.90 Å². The SMILES string of the molecule is CN(Cc1cccs1)Cc1ccc(N)cc1F. The lowest BCUT2D eigenvalue weighted by molar-refractivity contribution is 0.316. The predicted molar refractivity (Wildman–Crippen MR) is 70.3 cm³/mol. The van der Waals surface area contributed by atoms with Crippen molar-refractivity contribution in [1.29, 1.82) is 0 Å². The van der Waals surface area contributed by atoms with Gasteiger partial charge < -0.3 is 5.73 Å². The Hall–Kier alpha value is -1.39. The summed E-state index contributed by atoms with van der Waals surface area (Å²) >= 11 is 1.71. The lowest BCUT2D eigenvalue weighted by Crippen LogP contribution is -2.17. The van der Waals surface area contributed by atoms with Gasteiger partial charge in [0.25, 0.3) is 0 Å². The van der Waals surface area contributed by atoms with Crippen LogP contribution in [-0.2, 0) is 13.1 Å². The van der Waals surface area contributed by atoms with Crippen molar-refractivity contribution in [3.63, 3.8) is 0 Å². The number of thiophene rings is 1. The summed E-state index contributed by atoms with van der Waals surface area (Å²) in [6.45, 7) is 1.42. The maximum Gasteiger partial charge on any atom is 0.129 e. The first kappa shape index (κ1) is 12.1. The van der Waals surface area contributed by atoms with Gasteiger partial charge in [0, 0.05) is 29.2 Å². The molecule has 1 aromatic heterocycles. The van der Waals surface area contributed by atoms with Crippen molar-refractivity contribution in [2.45, 2.75) is 13.1 Å². The Morgan fingerprint density at radius 2 is 2.12 bits per heavy atom. The number of nitrogens with zero attached hydrogens (tertiary/aromatic N) is 1. The second-order valence-corrected chi connectivity index (χ2v) is 5.13. The van der Waals surface area contributed by atoms with Crippen LogP contribution in [0.25, 0.3) is 0 Å². The van der Waals surface area contributed by atoms with E-state index in [0.29, 0.717) is 17.8 Å². The van der Waals surface area contributed by atoms with E-state index in [0.717, 1.165) is 6.54 Å². The molecule has 0 aliphatic carbocycles. The molecule has 2 aromatic rings. The van der Waals surface area contributed by atoms with E-state index in [1.807, 2.05) is 18.5 Å². The number of hydrogen-bond acceptors (Lipinski definition) is 3. The maximum atomic E-state index is 13.6. The summed E-state index contributed by atoms with van der Waals surface area (Å²) in [4.78, 5) is 3.36. The van der Waals surface area contributed by atoms with Crippen LogP contribution in [0.3, 0.4) is 0 Å². The molecule has 0 spiro atoms. The fraction of sp³-hybridized carbons (Fsp3) is 0.231. The second-order valence-electron chi connectivity index (χ2n) is 4.10. The molecule has 2 rings (SSSR count). The van der Waals surface area contributed by atoms with E-state index in [1.165, 1.54) is 10.9 Å². The standard InChI is InChI=1S/C13H15FN2S/c1-16(9-12-3-2-6-17-12)8-10-4-5-11(15)7-13(10)14/h2-7H,8-9,15H2,1H3. The summed E-state index contributed by atoms with van der Waals surface area (Å²) in [7, 11) is 1.98.